The number of fused-ring (bicyclic) bond motifs is 1. The number of rotatable bonds is 10. The van der Waals surface area contributed by atoms with Crippen molar-refractivity contribution in [2.75, 3.05) is 31.4 Å². The Labute approximate surface area is 266 Å². The predicted octanol–water partition coefficient (Wildman–Crippen LogP) is 6.00. The summed E-state index contributed by atoms with van der Waals surface area (Å²) in [5.74, 6) is 0.392. The highest BCUT2D eigenvalue weighted by atomic mass is 32.1. The maximum atomic E-state index is 14.4. The average molecular weight is 624 g/mol. The summed E-state index contributed by atoms with van der Waals surface area (Å²) in [7, 11) is 5.59. The summed E-state index contributed by atoms with van der Waals surface area (Å²) >= 11 is 1.49. The molecule has 0 unspecified atom stereocenters. The van der Waals surface area contributed by atoms with E-state index in [1.807, 2.05) is 97.2 Å². The van der Waals surface area contributed by atoms with E-state index in [2.05, 4.69) is 15.6 Å². The van der Waals surface area contributed by atoms with Gasteiger partial charge in [-0.1, -0.05) is 36.6 Å². The Morgan fingerprint density at radius 2 is 1.71 bits per heavy atom. The summed E-state index contributed by atoms with van der Waals surface area (Å²) in [6.07, 6.45) is 3.83. The molecule has 0 bridgehead atoms. The zero-order chi connectivity index (χ0) is 31.4. The van der Waals surface area contributed by atoms with Crippen LogP contribution in [0.3, 0.4) is 0 Å². The summed E-state index contributed by atoms with van der Waals surface area (Å²) in [5.41, 5.74) is 3.94. The van der Waals surface area contributed by atoms with E-state index in [9.17, 15) is 9.59 Å². The van der Waals surface area contributed by atoms with E-state index in [4.69, 9.17) is 9.72 Å². The van der Waals surface area contributed by atoms with Gasteiger partial charge >= 0.3 is 0 Å². The van der Waals surface area contributed by atoms with E-state index in [0.717, 1.165) is 52.5 Å². The maximum Gasteiger partial charge on any atom is 0.250 e. The molecule has 2 aromatic heterocycles. The second-order valence-electron chi connectivity index (χ2n) is 11.6. The molecular weight excluding hydrogens is 586 g/mol. The fraction of sp³-hybridized carbons (Fsp3) is 0.324. The number of hydrogen-bond acceptors (Lipinski definition) is 8. The number of nitrogens with one attached hydrogen (secondary N) is 1. The molecular formula is C34H37N7O3S. The molecule has 232 valence electrons. The molecule has 5 aromatic rings. The first-order valence-corrected chi connectivity index (χ1v) is 16.0. The average Bonchev–Trinajstić information content (AvgIpc) is 3.71. The number of anilines is 2. The summed E-state index contributed by atoms with van der Waals surface area (Å²) in [5, 5.41) is 14.4. The Balaban J connectivity index is 1.34. The molecule has 1 saturated carbocycles. The molecule has 0 radical (unpaired) electrons. The number of ether oxygens (including phenoxy) is 1. The Morgan fingerprint density at radius 1 is 0.978 bits per heavy atom. The number of methoxy groups -OCH3 is 1. The van der Waals surface area contributed by atoms with Gasteiger partial charge in [0.15, 0.2) is 0 Å². The highest BCUT2D eigenvalue weighted by molar-refractivity contribution is 7.09. The van der Waals surface area contributed by atoms with Gasteiger partial charge in [-0.3, -0.25) is 9.59 Å². The van der Waals surface area contributed by atoms with E-state index in [1.54, 1.807) is 16.7 Å². The Kier molecular flexibility index (Phi) is 8.79. The molecule has 0 atom stereocenters. The largest absolute Gasteiger partial charge is 0.497 e. The molecule has 3 aromatic carbocycles. The van der Waals surface area contributed by atoms with Gasteiger partial charge < -0.3 is 19.9 Å². The number of thiazole rings is 1. The zero-order valence-electron chi connectivity index (χ0n) is 25.8. The lowest BCUT2D eigenvalue weighted by atomic mass is 9.79. The van der Waals surface area contributed by atoms with Crippen molar-refractivity contribution in [1.29, 1.82) is 0 Å². The second-order valence-corrected chi connectivity index (χ2v) is 12.5. The van der Waals surface area contributed by atoms with Crippen molar-refractivity contribution in [2.45, 2.75) is 50.7 Å². The first-order valence-electron chi connectivity index (χ1n) is 15.1. The van der Waals surface area contributed by atoms with Gasteiger partial charge in [0.05, 0.1) is 24.9 Å². The number of carbonyl (C=O) groups is 2. The molecule has 1 aliphatic carbocycles. The normalized spacial score (nSPS) is 14.2. The maximum absolute atomic E-state index is 14.4. The lowest BCUT2D eigenvalue weighted by Gasteiger charge is -2.44. The summed E-state index contributed by atoms with van der Waals surface area (Å²) in [4.78, 5) is 37.4. The minimum Gasteiger partial charge on any atom is -0.497 e. The van der Waals surface area contributed by atoms with Gasteiger partial charge in [-0.15, -0.1) is 16.4 Å². The van der Waals surface area contributed by atoms with Gasteiger partial charge in [0, 0.05) is 36.4 Å². The number of hydrogen-bond donors (Lipinski definition) is 1. The van der Waals surface area contributed by atoms with Gasteiger partial charge in [-0.25, -0.2) is 9.67 Å². The minimum absolute atomic E-state index is 0.0379. The number of para-hydroxylation sites is 1. The van der Waals surface area contributed by atoms with Crippen LogP contribution in [-0.2, 0) is 22.7 Å². The number of benzene rings is 3. The SMILES string of the molecule is COc1ccc(-c2csc(CN(C(=O)Cn3nnc4ccccc43)C3(C(=O)Nc4ccc(N(C)C)cc4)CCCCC3)n2)cc1. The summed E-state index contributed by atoms with van der Waals surface area (Å²) < 4.78 is 6.92. The topological polar surface area (TPSA) is 105 Å². The predicted molar refractivity (Wildman–Crippen MR) is 177 cm³/mol. The van der Waals surface area contributed by atoms with Crippen LogP contribution in [-0.4, -0.2) is 63.4 Å². The van der Waals surface area contributed by atoms with E-state index < -0.39 is 5.54 Å². The van der Waals surface area contributed by atoms with Crippen molar-refractivity contribution >= 4 is 45.6 Å². The van der Waals surface area contributed by atoms with Crippen LogP contribution in [0.5, 0.6) is 5.75 Å². The molecule has 45 heavy (non-hydrogen) atoms. The zero-order valence-corrected chi connectivity index (χ0v) is 26.6. The van der Waals surface area contributed by atoms with Crippen molar-refractivity contribution in [3.8, 4) is 17.0 Å². The van der Waals surface area contributed by atoms with Crippen LogP contribution in [0.1, 0.15) is 37.1 Å². The van der Waals surface area contributed by atoms with Gasteiger partial charge in [0.1, 0.15) is 28.4 Å². The number of amides is 2. The van der Waals surface area contributed by atoms with Gasteiger partial charge in [0.2, 0.25) is 11.8 Å². The third-order valence-electron chi connectivity index (χ3n) is 8.50. The van der Waals surface area contributed by atoms with Crippen LogP contribution < -0.4 is 15.0 Å². The molecule has 0 saturated heterocycles. The third-order valence-corrected chi connectivity index (χ3v) is 9.33. The molecule has 1 N–H and O–H groups in total. The lowest BCUT2D eigenvalue weighted by Crippen LogP contribution is -2.60. The van der Waals surface area contributed by atoms with Gasteiger partial charge in [-0.05, 0) is 73.5 Å². The standard InChI is InChI=1S/C34H37N7O3S/c1-39(2)26-15-13-25(14-16-26)35-33(43)34(19-7-4-8-20-34)40(32(42)22-41-30-10-6-5-9-28(30)37-38-41)21-31-36-29(23-45-31)24-11-17-27(44-3)18-12-24/h5-6,9-18,23H,4,7-8,19-22H2,1-3H3,(H,35,43). The van der Waals surface area contributed by atoms with Crippen molar-refractivity contribution in [1.82, 2.24) is 24.9 Å². The van der Waals surface area contributed by atoms with Crippen molar-refractivity contribution < 1.29 is 14.3 Å². The highest BCUT2D eigenvalue weighted by Crippen LogP contribution is 2.37. The molecule has 10 nitrogen and oxygen atoms in total. The Morgan fingerprint density at radius 3 is 2.42 bits per heavy atom. The molecule has 1 aliphatic rings. The first kappa shape index (κ1) is 30.3. The fourth-order valence-electron chi connectivity index (χ4n) is 5.99. The lowest BCUT2D eigenvalue weighted by molar-refractivity contribution is -0.149. The molecule has 1 fully saturated rings. The molecule has 0 spiro atoms. The molecule has 2 amide bonds. The number of aromatic nitrogens is 4. The van der Waals surface area contributed by atoms with Crippen LogP contribution in [0.4, 0.5) is 11.4 Å². The van der Waals surface area contributed by atoms with Crippen LogP contribution >= 0.6 is 11.3 Å². The van der Waals surface area contributed by atoms with Gasteiger partial charge in [0.25, 0.3) is 0 Å². The Hall–Kier alpha value is -4.77. The van der Waals surface area contributed by atoms with E-state index in [-0.39, 0.29) is 24.9 Å². The second kappa shape index (κ2) is 13.1. The number of carbonyl (C=O) groups excluding carboxylic acids is 2. The Bertz CT molecular complexity index is 1770. The van der Waals surface area contributed by atoms with Crippen molar-refractivity contribution in [2.24, 2.45) is 0 Å². The first-order chi connectivity index (χ1) is 21.9. The van der Waals surface area contributed by atoms with Crippen LogP contribution in [0.15, 0.2) is 78.2 Å². The highest BCUT2D eigenvalue weighted by Gasteiger charge is 2.47. The van der Waals surface area contributed by atoms with E-state index >= 15 is 0 Å². The van der Waals surface area contributed by atoms with Crippen molar-refractivity contribution in [3.63, 3.8) is 0 Å². The smallest absolute Gasteiger partial charge is 0.250 e. The molecule has 6 rings (SSSR count). The van der Waals surface area contributed by atoms with E-state index in [1.165, 1.54) is 11.3 Å². The van der Waals surface area contributed by atoms with Crippen molar-refractivity contribution in [3.05, 3.63) is 83.2 Å². The van der Waals surface area contributed by atoms with Crippen LogP contribution in [0.2, 0.25) is 0 Å². The van der Waals surface area contributed by atoms with Crippen LogP contribution in [0, 0.1) is 0 Å². The summed E-state index contributed by atoms with van der Waals surface area (Å²) in [6.45, 7) is 0.170. The molecule has 0 aliphatic heterocycles. The van der Waals surface area contributed by atoms with Gasteiger partial charge in [-0.2, -0.15) is 0 Å². The summed E-state index contributed by atoms with van der Waals surface area (Å²) in [6, 6.07) is 23.0. The third kappa shape index (κ3) is 6.39. The van der Waals surface area contributed by atoms with Crippen LogP contribution in [0.25, 0.3) is 22.3 Å². The molecule has 2 heterocycles. The monoisotopic (exact) mass is 623 g/mol. The number of nitrogens with zero attached hydrogens (tertiary/aromatic N) is 6. The fourth-order valence-corrected chi connectivity index (χ4v) is 6.78. The quantitative estimate of drug-likeness (QED) is 0.203. The minimum atomic E-state index is -1.04. The van der Waals surface area contributed by atoms with E-state index in [0.29, 0.717) is 24.0 Å². The molecule has 11 heteroatoms.